The molecule has 1 aliphatic rings. The summed E-state index contributed by atoms with van der Waals surface area (Å²) in [6, 6.07) is 7.49. The van der Waals surface area contributed by atoms with Gasteiger partial charge < -0.3 is 14.6 Å². The Labute approximate surface area is 194 Å². The van der Waals surface area contributed by atoms with E-state index in [-0.39, 0.29) is 0 Å². The summed E-state index contributed by atoms with van der Waals surface area (Å²) in [5.74, 6) is 1.12. The predicted octanol–water partition coefficient (Wildman–Crippen LogP) is 3.98. The van der Waals surface area contributed by atoms with E-state index in [1.165, 1.54) is 6.92 Å². The molecule has 2 amide bonds. The van der Waals surface area contributed by atoms with E-state index in [0.717, 1.165) is 46.4 Å². The first-order chi connectivity index (χ1) is 15.0. The third-order valence-corrected chi connectivity index (χ3v) is 6.51. The van der Waals surface area contributed by atoms with Crippen LogP contribution in [-0.2, 0) is 22.4 Å². The summed E-state index contributed by atoms with van der Waals surface area (Å²) < 4.78 is 12.4. The van der Waals surface area contributed by atoms with Crippen LogP contribution in [0.5, 0.6) is 17.2 Å². The fraction of sp³-hybridized carbons (Fsp3) is 0.440. The van der Waals surface area contributed by atoms with Crippen molar-refractivity contribution < 1.29 is 24.2 Å². The molecule has 7 heteroatoms. The first-order valence-electron chi connectivity index (χ1n) is 10.7. The number of benzene rings is 2. The average molecular weight is 458 g/mol. The van der Waals surface area contributed by atoms with Gasteiger partial charge in [-0.3, -0.25) is 14.9 Å². The molecule has 2 aromatic carbocycles. The molecule has 0 spiro atoms. The van der Waals surface area contributed by atoms with E-state index >= 15 is 0 Å². The van der Waals surface area contributed by atoms with Crippen LogP contribution in [0.3, 0.4) is 0 Å². The van der Waals surface area contributed by atoms with E-state index in [9.17, 15) is 14.7 Å². The lowest BCUT2D eigenvalue weighted by Crippen LogP contribution is -2.42. The lowest BCUT2D eigenvalue weighted by atomic mass is 9.87. The molecule has 6 nitrogen and oxygen atoms in total. The van der Waals surface area contributed by atoms with Gasteiger partial charge in [0.05, 0.1) is 5.25 Å². The highest BCUT2D eigenvalue weighted by Gasteiger charge is 2.35. The highest BCUT2D eigenvalue weighted by atomic mass is 32.1. The molecule has 2 atom stereocenters. The van der Waals surface area contributed by atoms with Crippen LogP contribution in [0, 0.1) is 20.8 Å². The monoisotopic (exact) mass is 457 g/mol. The van der Waals surface area contributed by atoms with Crippen molar-refractivity contribution in [3.8, 4) is 17.2 Å². The number of nitrogens with one attached hydrogen (secondary N) is 1. The molecule has 1 heterocycles. The summed E-state index contributed by atoms with van der Waals surface area (Å²) in [6.45, 7) is 9.55. The van der Waals surface area contributed by atoms with Crippen molar-refractivity contribution in [3.63, 3.8) is 0 Å². The van der Waals surface area contributed by atoms with Crippen LogP contribution in [0.2, 0.25) is 0 Å². The van der Waals surface area contributed by atoms with E-state index < -0.39 is 22.7 Å². The van der Waals surface area contributed by atoms with Gasteiger partial charge in [0.2, 0.25) is 11.8 Å². The Morgan fingerprint density at radius 3 is 2.47 bits per heavy atom. The van der Waals surface area contributed by atoms with Gasteiger partial charge in [-0.05, 0) is 81.3 Å². The number of amides is 2. The zero-order valence-corrected chi connectivity index (χ0v) is 20.1. The largest absolute Gasteiger partial charge is 0.507 e. The maximum Gasteiger partial charge on any atom is 0.239 e. The van der Waals surface area contributed by atoms with Crippen molar-refractivity contribution in [1.82, 2.24) is 5.32 Å². The summed E-state index contributed by atoms with van der Waals surface area (Å²) in [5.41, 5.74) is 4.22. The molecular formula is C25H31NO5S. The lowest BCUT2D eigenvalue weighted by Gasteiger charge is -2.37. The summed E-state index contributed by atoms with van der Waals surface area (Å²) in [5, 5.41) is 12.0. The zero-order valence-electron chi connectivity index (χ0n) is 19.2. The van der Waals surface area contributed by atoms with Gasteiger partial charge in [-0.25, -0.2) is 0 Å². The van der Waals surface area contributed by atoms with Crippen molar-refractivity contribution in [2.24, 2.45) is 0 Å². The molecule has 2 N–H and O–H groups in total. The number of phenolic OH excluding ortho intramolecular Hbond substituents is 1. The zero-order chi connectivity index (χ0) is 23.6. The van der Waals surface area contributed by atoms with Gasteiger partial charge in [0.1, 0.15) is 29.5 Å². The van der Waals surface area contributed by atoms with Crippen LogP contribution in [-0.4, -0.2) is 34.4 Å². The first kappa shape index (κ1) is 24.0. The molecule has 32 heavy (non-hydrogen) atoms. The van der Waals surface area contributed by atoms with Crippen molar-refractivity contribution in [2.75, 3.05) is 6.61 Å². The van der Waals surface area contributed by atoms with Crippen LogP contribution in [0.25, 0.3) is 0 Å². The number of thiol groups is 1. The number of imide groups is 1. The maximum absolute atomic E-state index is 11.8. The molecule has 1 aliphatic heterocycles. The Bertz CT molecular complexity index is 1030. The summed E-state index contributed by atoms with van der Waals surface area (Å²) >= 11 is 4.28. The van der Waals surface area contributed by atoms with Gasteiger partial charge in [-0.15, -0.1) is 0 Å². The topological polar surface area (TPSA) is 84.9 Å². The van der Waals surface area contributed by atoms with Crippen molar-refractivity contribution in [3.05, 3.63) is 52.1 Å². The van der Waals surface area contributed by atoms with Gasteiger partial charge in [0, 0.05) is 12.5 Å². The van der Waals surface area contributed by atoms with Crippen LogP contribution in [0.15, 0.2) is 24.3 Å². The molecule has 2 unspecified atom stereocenters. The Morgan fingerprint density at radius 1 is 1.19 bits per heavy atom. The molecular weight excluding hydrogens is 426 g/mol. The van der Waals surface area contributed by atoms with Crippen LogP contribution in [0.1, 0.15) is 48.1 Å². The van der Waals surface area contributed by atoms with Crippen LogP contribution < -0.4 is 14.8 Å². The second kappa shape index (κ2) is 9.45. The molecule has 0 saturated carbocycles. The fourth-order valence-electron chi connectivity index (χ4n) is 3.93. The Morgan fingerprint density at radius 2 is 1.84 bits per heavy atom. The molecule has 3 rings (SSSR count). The molecule has 2 aromatic rings. The van der Waals surface area contributed by atoms with E-state index in [2.05, 4.69) is 17.9 Å². The van der Waals surface area contributed by atoms with Crippen LogP contribution >= 0.6 is 12.6 Å². The summed E-state index contributed by atoms with van der Waals surface area (Å²) in [6.07, 6.45) is 2.01. The van der Waals surface area contributed by atoms with E-state index in [1.807, 2.05) is 52.0 Å². The third-order valence-electron chi connectivity index (χ3n) is 6.09. The normalized spacial score (nSPS) is 18.3. The number of carbonyl (C=O) groups is 2. The molecule has 0 fully saturated rings. The van der Waals surface area contributed by atoms with E-state index in [0.29, 0.717) is 24.5 Å². The standard InChI is InChI=1S/C25H31NO5S/c1-14-15(2)23-20(16(3)22(14)28)10-11-25(5,31-23)13-30-19-8-6-18(7-9-19)12-21(32)24(29)26-17(4)27/h6-9,21,28,32H,10-13H2,1-5H3,(H,26,27,29). The highest BCUT2D eigenvalue weighted by molar-refractivity contribution is 7.81. The highest BCUT2D eigenvalue weighted by Crippen LogP contribution is 2.43. The maximum atomic E-state index is 11.8. The minimum atomic E-state index is -0.602. The second-order valence-electron chi connectivity index (χ2n) is 8.78. The number of hydrogen-bond donors (Lipinski definition) is 3. The van der Waals surface area contributed by atoms with Gasteiger partial charge >= 0.3 is 0 Å². The Kier molecular flexibility index (Phi) is 7.08. The molecule has 0 bridgehead atoms. The number of aromatic hydroxyl groups is 1. The minimum Gasteiger partial charge on any atom is -0.507 e. The van der Waals surface area contributed by atoms with Crippen molar-refractivity contribution >= 4 is 24.4 Å². The molecule has 0 saturated heterocycles. The van der Waals surface area contributed by atoms with Crippen molar-refractivity contribution in [1.29, 1.82) is 0 Å². The van der Waals surface area contributed by atoms with Gasteiger partial charge in [0.15, 0.2) is 0 Å². The van der Waals surface area contributed by atoms with E-state index in [4.69, 9.17) is 9.47 Å². The molecule has 172 valence electrons. The first-order valence-corrected chi connectivity index (χ1v) is 11.2. The van der Waals surface area contributed by atoms with Gasteiger partial charge in [-0.2, -0.15) is 12.6 Å². The number of fused-ring (bicyclic) bond motifs is 1. The number of ether oxygens (including phenoxy) is 2. The Hall–Kier alpha value is -2.67. The summed E-state index contributed by atoms with van der Waals surface area (Å²) in [7, 11) is 0. The van der Waals surface area contributed by atoms with Gasteiger partial charge in [0.25, 0.3) is 0 Å². The second-order valence-corrected chi connectivity index (χ2v) is 9.40. The lowest BCUT2D eigenvalue weighted by molar-refractivity contribution is -0.128. The number of rotatable bonds is 6. The number of hydrogen-bond acceptors (Lipinski definition) is 6. The third kappa shape index (κ3) is 5.21. The van der Waals surface area contributed by atoms with Crippen molar-refractivity contribution in [2.45, 2.75) is 64.7 Å². The smallest absolute Gasteiger partial charge is 0.239 e. The number of phenols is 1. The average Bonchev–Trinajstić information content (AvgIpc) is 2.75. The Balaban J connectivity index is 1.63. The SMILES string of the molecule is CC(=O)NC(=O)C(S)Cc1ccc(OCC2(C)CCc3c(C)c(O)c(C)c(C)c3O2)cc1. The summed E-state index contributed by atoms with van der Waals surface area (Å²) in [4.78, 5) is 22.9. The van der Waals surface area contributed by atoms with E-state index in [1.54, 1.807) is 0 Å². The van der Waals surface area contributed by atoms with Gasteiger partial charge in [-0.1, -0.05) is 12.1 Å². The molecule has 0 aromatic heterocycles. The number of carbonyl (C=O) groups excluding carboxylic acids is 2. The van der Waals surface area contributed by atoms with Crippen LogP contribution in [0.4, 0.5) is 0 Å². The fourth-order valence-corrected chi connectivity index (χ4v) is 4.20. The predicted molar refractivity (Wildman–Crippen MR) is 127 cm³/mol. The molecule has 0 aliphatic carbocycles. The minimum absolute atomic E-state index is 0.354. The quantitative estimate of drug-likeness (QED) is 0.572. The molecule has 0 radical (unpaired) electrons.